The number of halogens is 2. The van der Waals surface area contributed by atoms with Crippen LogP contribution < -0.4 is 10.2 Å². The molecule has 1 N–H and O–H groups in total. The highest BCUT2D eigenvalue weighted by Gasteiger charge is 2.36. The average molecular weight is 513 g/mol. The summed E-state index contributed by atoms with van der Waals surface area (Å²) in [6.07, 6.45) is 7.19. The lowest BCUT2D eigenvalue weighted by molar-refractivity contribution is 0.125. The molecule has 180 valence electrons. The van der Waals surface area contributed by atoms with Crippen LogP contribution in [-0.4, -0.2) is 68.0 Å². The molecule has 0 unspecified atom stereocenters. The van der Waals surface area contributed by atoms with Crippen LogP contribution in [0, 0.1) is 11.8 Å². The molecule has 2 fully saturated rings. The SMILES string of the molecule is C[C@@H](Nc1cncc(N2CC([C@H]3CCCN(CCS(C)(=O)=O)C3)C2)n1)c1ccc(Cl)cc1Cl. The maximum atomic E-state index is 11.5. The highest BCUT2D eigenvalue weighted by Crippen LogP contribution is 2.34. The fraction of sp³-hybridized carbons (Fsp3) is 0.565. The molecule has 0 amide bonds. The zero-order chi connectivity index (χ0) is 23.6. The molecule has 2 aliphatic heterocycles. The van der Waals surface area contributed by atoms with Gasteiger partial charge in [0.2, 0.25) is 0 Å². The highest BCUT2D eigenvalue weighted by molar-refractivity contribution is 7.90. The summed E-state index contributed by atoms with van der Waals surface area (Å²) in [5.74, 6) is 3.03. The van der Waals surface area contributed by atoms with Crippen LogP contribution in [-0.2, 0) is 9.84 Å². The van der Waals surface area contributed by atoms with Gasteiger partial charge < -0.3 is 15.1 Å². The Kier molecular flexibility index (Phi) is 7.68. The van der Waals surface area contributed by atoms with Gasteiger partial charge in [-0.15, -0.1) is 0 Å². The minimum absolute atomic E-state index is 0.0383. The summed E-state index contributed by atoms with van der Waals surface area (Å²) in [6, 6.07) is 5.45. The first kappa shape index (κ1) is 24.5. The minimum atomic E-state index is -2.92. The molecule has 7 nitrogen and oxygen atoms in total. The van der Waals surface area contributed by atoms with Crippen molar-refractivity contribution in [3.05, 3.63) is 46.2 Å². The molecule has 2 saturated heterocycles. The van der Waals surface area contributed by atoms with E-state index in [9.17, 15) is 8.42 Å². The van der Waals surface area contributed by atoms with E-state index in [0.717, 1.165) is 44.0 Å². The lowest BCUT2D eigenvalue weighted by Gasteiger charge is -2.47. The number of nitrogens with zero attached hydrogens (tertiary/aromatic N) is 4. The highest BCUT2D eigenvalue weighted by atomic mass is 35.5. The van der Waals surface area contributed by atoms with Crippen molar-refractivity contribution in [1.29, 1.82) is 0 Å². The van der Waals surface area contributed by atoms with Crippen molar-refractivity contribution < 1.29 is 8.42 Å². The molecule has 1 aromatic heterocycles. The summed E-state index contributed by atoms with van der Waals surface area (Å²) in [5, 5.41) is 4.62. The van der Waals surface area contributed by atoms with Gasteiger partial charge in [0, 0.05) is 42.5 Å². The number of hydrogen-bond acceptors (Lipinski definition) is 7. The van der Waals surface area contributed by atoms with E-state index in [0.29, 0.717) is 34.2 Å². The van der Waals surface area contributed by atoms with Crippen molar-refractivity contribution >= 4 is 44.7 Å². The van der Waals surface area contributed by atoms with Gasteiger partial charge in [-0.3, -0.25) is 4.98 Å². The van der Waals surface area contributed by atoms with Crippen molar-refractivity contribution in [1.82, 2.24) is 14.9 Å². The Balaban J connectivity index is 1.31. The predicted molar refractivity (Wildman–Crippen MR) is 135 cm³/mol. The first-order chi connectivity index (χ1) is 15.7. The third-order valence-electron chi connectivity index (χ3n) is 6.64. The molecule has 10 heteroatoms. The Morgan fingerprint density at radius 2 is 1.97 bits per heavy atom. The first-order valence-corrected chi connectivity index (χ1v) is 14.2. The summed E-state index contributed by atoms with van der Waals surface area (Å²) in [5.41, 5.74) is 0.954. The van der Waals surface area contributed by atoms with Crippen LogP contribution >= 0.6 is 23.2 Å². The minimum Gasteiger partial charge on any atom is -0.362 e. The number of hydrogen-bond donors (Lipinski definition) is 1. The topological polar surface area (TPSA) is 78.4 Å². The summed E-state index contributed by atoms with van der Waals surface area (Å²) in [7, 11) is -2.92. The number of aromatic nitrogens is 2. The third-order valence-corrected chi connectivity index (χ3v) is 8.12. The molecule has 0 aliphatic carbocycles. The molecule has 0 bridgehead atoms. The lowest BCUT2D eigenvalue weighted by atomic mass is 9.80. The van der Waals surface area contributed by atoms with E-state index in [1.165, 1.54) is 12.7 Å². The molecule has 1 aromatic carbocycles. The van der Waals surface area contributed by atoms with Gasteiger partial charge in [-0.05, 0) is 55.8 Å². The van der Waals surface area contributed by atoms with Crippen LogP contribution in [0.3, 0.4) is 0 Å². The van der Waals surface area contributed by atoms with Gasteiger partial charge in [0.25, 0.3) is 0 Å². The molecule has 0 saturated carbocycles. The second-order valence-corrected chi connectivity index (χ2v) is 12.4. The van der Waals surface area contributed by atoms with Crippen LogP contribution in [0.5, 0.6) is 0 Å². The molecule has 2 aliphatic rings. The largest absolute Gasteiger partial charge is 0.362 e. The molecule has 2 atom stereocenters. The standard InChI is InChI=1S/C23H31Cl2N5O2S/c1-16(20-6-5-19(24)10-21(20)25)27-22-11-26-12-23(28-22)30-14-18(15-30)17-4-3-7-29(13-17)8-9-33(2,31)32/h5-6,10-12,16-18H,3-4,7-9,13-15H2,1-2H3,(H,27,28)/t16-,17+/m1/s1. The number of likely N-dealkylation sites (tertiary alicyclic amines) is 1. The summed E-state index contributed by atoms with van der Waals surface area (Å²) < 4.78 is 23.0. The summed E-state index contributed by atoms with van der Waals surface area (Å²) in [4.78, 5) is 13.7. The predicted octanol–water partition coefficient (Wildman–Crippen LogP) is 4.15. The van der Waals surface area contributed by atoms with Gasteiger partial charge >= 0.3 is 0 Å². The van der Waals surface area contributed by atoms with Gasteiger partial charge in [-0.1, -0.05) is 29.3 Å². The zero-order valence-corrected chi connectivity index (χ0v) is 21.4. The van der Waals surface area contributed by atoms with Crippen LogP contribution in [0.2, 0.25) is 10.0 Å². The number of piperidine rings is 1. The Hall–Kier alpha value is -1.61. The number of benzene rings is 1. The number of nitrogens with one attached hydrogen (secondary N) is 1. The Bertz CT molecular complexity index is 1080. The van der Waals surface area contributed by atoms with Crippen molar-refractivity contribution in [3.8, 4) is 0 Å². The van der Waals surface area contributed by atoms with Crippen LogP contribution in [0.15, 0.2) is 30.6 Å². The van der Waals surface area contributed by atoms with Crippen LogP contribution in [0.1, 0.15) is 31.4 Å². The Labute approximate surface area is 206 Å². The molecule has 3 heterocycles. The third kappa shape index (κ3) is 6.50. The van der Waals surface area contributed by atoms with Gasteiger partial charge in [0.05, 0.1) is 24.2 Å². The maximum absolute atomic E-state index is 11.5. The van der Waals surface area contributed by atoms with E-state index in [-0.39, 0.29) is 11.8 Å². The monoisotopic (exact) mass is 511 g/mol. The maximum Gasteiger partial charge on any atom is 0.149 e. The Morgan fingerprint density at radius 3 is 2.70 bits per heavy atom. The lowest BCUT2D eigenvalue weighted by Crippen LogP contribution is -2.54. The van der Waals surface area contributed by atoms with E-state index < -0.39 is 9.84 Å². The number of anilines is 2. The Morgan fingerprint density at radius 1 is 1.18 bits per heavy atom. The molecule has 0 radical (unpaired) electrons. The van der Waals surface area contributed by atoms with Gasteiger partial charge in [0.1, 0.15) is 21.5 Å². The fourth-order valence-corrected chi connectivity index (χ4v) is 5.86. The number of sulfone groups is 1. The molecule has 0 spiro atoms. The molecule has 4 rings (SSSR count). The summed E-state index contributed by atoms with van der Waals surface area (Å²) in [6.45, 7) is 6.57. The van der Waals surface area contributed by atoms with Crippen molar-refractivity contribution in [2.24, 2.45) is 11.8 Å². The quantitative estimate of drug-likeness (QED) is 0.570. The van der Waals surface area contributed by atoms with Crippen LogP contribution in [0.4, 0.5) is 11.6 Å². The van der Waals surface area contributed by atoms with Gasteiger partial charge in [0.15, 0.2) is 0 Å². The fourth-order valence-electron chi connectivity index (χ4n) is 4.70. The smallest absolute Gasteiger partial charge is 0.149 e. The molecular formula is C23H31Cl2N5O2S. The van der Waals surface area contributed by atoms with E-state index in [2.05, 4.69) is 20.1 Å². The second-order valence-electron chi connectivity index (χ2n) is 9.29. The second kappa shape index (κ2) is 10.3. The molecule has 33 heavy (non-hydrogen) atoms. The summed E-state index contributed by atoms with van der Waals surface area (Å²) >= 11 is 12.4. The van der Waals surface area contributed by atoms with Crippen molar-refractivity contribution in [2.45, 2.75) is 25.8 Å². The average Bonchev–Trinajstić information content (AvgIpc) is 2.71. The first-order valence-electron chi connectivity index (χ1n) is 11.4. The van der Waals surface area contributed by atoms with E-state index in [1.807, 2.05) is 19.1 Å². The van der Waals surface area contributed by atoms with Gasteiger partial charge in [-0.2, -0.15) is 0 Å². The normalized spacial score (nSPS) is 21.0. The molecular weight excluding hydrogens is 481 g/mol. The van der Waals surface area contributed by atoms with Crippen LogP contribution in [0.25, 0.3) is 0 Å². The van der Waals surface area contributed by atoms with Crippen molar-refractivity contribution in [3.63, 3.8) is 0 Å². The molecule has 2 aromatic rings. The van der Waals surface area contributed by atoms with E-state index in [4.69, 9.17) is 28.2 Å². The van der Waals surface area contributed by atoms with Gasteiger partial charge in [-0.25, -0.2) is 13.4 Å². The zero-order valence-electron chi connectivity index (χ0n) is 19.0. The van der Waals surface area contributed by atoms with E-state index >= 15 is 0 Å². The van der Waals surface area contributed by atoms with Crippen molar-refractivity contribution in [2.75, 3.05) is 54.9 Å². The van der Waals surface area contributed by atoms with E-state index in [1.54, 1.807) is 18.5 Å². The number of rotatable bonds is 8.